The minimum atomic E-state index is 0.554. The summed E-state index contributed by atoms with van der Waals surface area (Å²) in [4.78, 5) is 2.56. The normalized spacial score (nSPS) is 21.7. The third-order valence-corrected chi connectivity index (χ3v) is 3.76. The first-order valence-electron chi connectivity index (χ1n) is 6.62. The molecule has 0 unspecified atom stereocenters. The van der Waals surface area contributed by atoms with Crippen LogP contribution in [0.1, 0.15) is 38.3 Å². The van der Waals surface area contributed by atoms with E-state index in [1.54, 1.807) is 0 Å². The lowest BCUT2D eigenvalue weighted by molar-refractivity contribution is 0.190. The molecule has 0 saturated carbocycles. The lowest BCUT2D eigenvalue weighted by Crippen LogP contribution is -2.40. The second kappa shape index (κ2) is 5.05. The zero-order valence-electron chi connectivity index (χ0n) is 11.4. The van der Waals surface area contributed by atoms with E-state index in [0.717, 1.165) is 0 Å². The molecule has 0 spiro atoms. The molecule has 0 N–H and O–H groups in total. The molecule has 0 saturated heterocycles. The van der Waals surface area contributed by atoms with Crippen molar-refractivity contribution in [3.63, 3.8) is 0 Å². The molecule has 0 radical (unpaired) electrons. The topological polar surface area (TPSA) is 3.24 Å². The second-order valence-corrected chi connectivity index (χ2v) is 5.33. The van der Waals surface area contributed by atoms with Crippen molar-refractivity contribution < 1.29 is 0 Å². The van der Waals surface area contributed by atoms with Crippen LogP contribution in [0, 0.1) is 6.92 Å². The fourth-order valence-electron chi connectivity index (χ4n) is 2.81. The lowest BCUT2D eigenvalue weighted by atomic mass is 9.93. The predicted octanol–water partition coefficient (Wildman–Crippen LogP) is 3.88. The maximum absolute atomic E-state index is 2.56. The van der Waals surface area contributed by atoms with Crippen LogP contribution in [0.2, 0.25) is 0 Å². The van der Waals surface area contributed by atoms with Gasteiger partial charge in [-0.3, -0.25) is 4.90 Å². The summed E-state index contributed by atoms with van der Waals surface area (Å²) in [6.45, 7) is 10.2. The minimum Gasteiger partial charge on any atom is -0.294 e. The molecule has 0 bridgehead atoms. The highest BCUT2D eigenvalue weighted by molar-refractivity contribution is 5.69. The summed E-state index contributed by atoms with van der Waals surface area (Å²) >= 11 is 0. The van der Waals surface area contributed by atoms with Crippen LogP contribution in [0.5, 0.6) is 0 Å². The summed E-state index contributed by atoms with van der Waals surface area (Å²) < 4.78 is 0. The quantitative estimate of drug-likeness (QED) is 0.744. The van der Waals surface area contributed by atoms with E-state index in [9.17, 15) is 0 Å². The fourth-order valence-corrected chi connectivity index (χ4v) is 2.81. The van der Waals surface area contributed by atoms with Crippen molar-refractivity contribution >= 4 is 5.57 Å². The third kappa shape index (κ3) is 2.61. The summed E-state index contributed by atoms with van der Waals surface area (Å²) in [6.07, 6.45) is 3.61. The van der Waals surface area contributed by atoms with Crippen molar-refractivity contribution in [3.05, 3.63) is 41.5 Å². The molecule has 0 aliphatic carbocycles. The van der Waals surface area contributed by atoms with Crippen molar-refractivity contribution in [1.82, 2.24) is 4.90 Å². The Morgan fingerprint density at radius 1 is 1.24 bits per heavy atom. The molecule has 1 aromatic carbocycles. The molecule has 0 amide bonds. The smallest absolute Gasteiger partial charge is 0.0258 e. The van der Waals surface area contributed by atoms with Crippen LogP contribution in [0.3, 0.4) is 0 Å². The minimum absolute atomic E-state index is 0.554. The van der Waals surface area contributed by atoms with E-state index < -0.39 is 0 Å². The van der Waals surface area contributed by atoms with E-state index in [-0.39, 0.29) is 0 Å². The van der Waals surface area contributed by atoms with E-state index in [1.807, 2.05) is 0 Å². The Hall–Kier alpha value is -1.08. The summed E-state index contributed by atoms with van der Waals surface area (Å²) in [5, 5.41) is 0. The molecule has 17 heavy (non-hydrogen) atoms. The van der Waals surface area contributed by atoms with Gasteiger partial charge >= 0.3 is 0 Å². The summed E-state index contributed by atoms with van der Waals surface area (Å²) in [6, 6.07) is 9.90. The first kappa shape index (κ1) is 12.4. The number of aryl methyl sites for hydroxylation is 1. The molecule has 0 fully saturated rings. The van der Waals surface area contributed by atoms with Gasteiger partial charge in [-0.25, -0.2) is 0 Å². The molecular formula is C16H23N. The van der Waals surface area contributed by atoms with Gasteiger partial charge in [-0.15, -0.1) is 0 Å². The van der Waals surface area contributed by atoms with Crippen LogP contribution >= 0.6 is 0 Å². The monoisotopic (exact) mass is 229 g/mol. The second-order valence-electron chi connectivity index (χ2n) is 5.33. The van der Waals surface area contributed by atoms with E-state index in [4.69, 9.17) is 0 Å². The molecule has 1 heterocycles. The number of rotatable bonds is 2. The Morgan fingerprint density at radius 2 is 1.94 bits per heavy atom. The van der Waals surface area contributed by atoms with Gasteiger partial charge in [0, 0.05) is 18.6 Å². The highest BCUT2D eigenvalue weighted by Crippen LogP contribution is 2.28. The van der Waals surface area contributed by atoms with Crippen molar-refractivity contribution in [2.24, 2.45) is 0 Å². The molecular weight excluding hydrogens is 206 g/mol. The van der Waals surface area contributed by atoms with Crippen LogP contribution in [-0.4, -0.2) is 23.5 Å². The Kier molecular flexibility index (Phi) is 3.68. The number of nitrogens with zero attached hydrogens (tertiary/aromatic N) is 1. The van der Waals surface area contributed by atoms with Gasteiger partial charge in [0.2, 0.25) is 0 Å². The van der Waals surface area contributed by atoms with Gasteiger partial charge in [0.15, 0.2) is 0 Å². The predicted molar refractivity (Wildman–Crippen MR) is 75.1 cm³/mol. The molecule has 2 rings (SSSR count). The van der Waals surface area contributed by atoms with Crippen LogP contribution < -0.4 is 0 Å². The van der Waals surface area contributed by atoms with Crippen molar-refractivity contribution in [3.8, 4) is 0 Å². The summed E-state index contributed by atoms with van der Waals surface area (Å²) in [5.41, 5.74) is 4.35. The van der Waals surface area contributed by atoms with Crippen LogP contribution in [0.4, 0.5) is 0 Å². The Labute approximate surface area is 105 Å². The Bertz CT molecular complexity index is 417. The Morgan fingerprint density at radius 3 is 2.53 bits per heavy atom. The van der Waals surface area contributed by atoms with Crippen LogP contribution in [0.25, 0.3) is 5.57 Å². The average Bonchev–Trinajstić information content (AvgIpc) is 2.29. The molecule has 92 valence electrons. The molecule has 1 aromatic rings. The summed E-state index contributed by atoms with van der Waals surface area (Å²) in [7, 11) is 0. The maximum atomic E-state index is 2.56. The van der Waals surface area contributed by atoms with Gasteiger partial charge in [-0.2, -0.15) is 0 Å². The molecule has 1 aliphatic heterocycles. The molecule has 0 aromatic heterocycles. The van der Waals surface area contributed by atoms with E-state index in [1.165, 1.54) is 29.7 Å². The fraction of sp³-hybridized carbons (Fsp3) is 0.500. The first-order chi connectivity index (χ1) is 8.09. The number of hydrogen-bond acceptors (Lipinski definition) is 1. The van der Waals surface area contributed by atoms with E-state index >= 15 is 0 Å². The zero-order valence-corrected chi connectivity index (χ0v) is 11.4. The summed E-state index contributed by atoms with van der Waals surface area (Å²) in [5.74, 6) is 0. The number of benzene rings is 1. The van der Waals surface area contributed by atoms with Gasteiger partial charge in [-0.1, -0.05) is 30.3 Å². The van der Waals surface area contributed by atoms with Gasteiger partial charge < -0.3 is 0 Å². The van der Waals surface area contributed by atoms with Gasteiger partial charge in [0.25, 0.3) is 0 Å². The zero-order chi connectivity index (χ0) is 12.4. The van der Waals surface area contributed by atoms with Gasteiger partial charge in [0.05, 0.1) is 0 Å². The third-order valence-electron chi connectivity index (χ3n) is 3.76. The average molecular weight is 229 g/mol. The molecule has 1 nitrogen and oxygen atoms in total. The number of hydrogen-bond donors (Lipinski definition) is 0. The maximum Gasteiger partial charge on any atom is 0.0258 e. The van der Waals surface area contributed by atoms with Gasteiger partial charge in [-0.05, 0) is 50.8 Å². The largest absolute Gasteiger partial charge is 0.294 e. The van der Waals surface area contributed by atoms with Crippen molar-refractivity contribution in [2.75, 3.05) is 6.54 Å². The highest BCUT2D eigenvalue weighted by Gasteiger charge is 2.21. The lowest BCUT2D eigenvalue weighted by Gasteiger charge is -2.35. The van der Waals surface area contributed by atoms with Crippen LogP contribution in [-0.2, 0) is 0 Å². The highest BCUT2D eigenvalue weighted by atomic mass is 15.2. The van der Waals surface area contributed by atoms with E-state index in [2.05, 4.69) is 62.9 Å². The molecule has 1 atom stereocenters. The standard InChI is InChI=1S/C16H23N/c1-12(2)17-10-9-15(11-14(17)4)16-8-6-5-7-13(16)3/h5-8,11-12,14H,9-10H2,1-4H3/t14-/m0/s1. The molecule has 1 aliphatic rings. The van der Waals surface area contributed by atoms with Crippen molar-refractivity contribution in [2.45, 2.75) is 46.2 Å². The van der Waals surface area contributed by atoms with Crippen LogP contribution in [0.15, 0.2) is 30.3 Å². The molecule has 1 heteroatoms. The van der Waals surface area contributed by atoms with Crippen molar-refractivity contribution in [1.29, 1.82) is 0 Å². The Balaban J connectivity index is 2.25. The SMILES string of the molecule is Cc1ccccc1C1=C[C@H](C)N(C(C)C)CC1. The van der Waals surface area contributed by atoms with Gasteiger partial charge in [0.1, 0.15) is 0 Å². The first-order valence-corrected chi connectivity index (χ1v) is 6.62. The van der Waals surface area contributed by atoms with E-state index in [0.29, 0.717) is 12.1 Å².